The first-order valence-corrected chi connectivity index (χ1v) is 4.75. The van der Waals surface area contributed by atoms with Crippen LogP contribution in [-0.4, -0.2) is 15.7 Å². The zero-order chi connectivity index (χ0) is 11.3. The number of aromatic nitrogens is 1. The van der Waals surface area contributed by atoms with Gasteiger partial charge in [-0.2, -0.15) is 0 Å². The van der Waals surface area contributed by atoms with Crippen molar-refractivity contribution in [1.29, 1.82) is 0 Å². The fourth-order valence-electron chi connectivity index (χ4n) is 1.29. The van der Waals surface area contributed by atoms with Gasteiger partial charge in [-0.3, -0.25) is 19.9 Å². The van der Waals surface area contributed by atoms with Crippen molar-refractivity contribution in [2.75, 3.05) is 0 Å². The van der Waals surface area contributed by atoms with Gasteiger partial charge in [-0.1, -0.05) is 6.92 Å². The molecule has 0 saturated carbocycles. The highest BCUT2D eigenvalue weighted by atomic mass is 16.6. The topological polar surface area (TPSA) is 73.1 Å². The highest BCUT2D eigenvalue weighted by Gasteiger charge is 2.16. The summed E-state index contributed by atoms with van der Waals surface area (Å²) in [6, 6.07) is 2.85. The zero-order valence-electron chi connectivity index (χ0n) is 8.47. The molecule has 1 aromatic rings. The summed E-state index contributed by atoms with van der Waals surface area (Å²) in [7, 11) is 0. The highest BCUT2D eigenvalue weighted by Crippen LogP contribution is 2.16. The summed E-state index contributed by atoms with van der Waals surface area (Å²) < 4.78 is 0. The third-order valence-electron chi connectivity index (χ3n) is 1.96. The molecule has 0 spiro atoms. The molecular weight excluding hydrogens is 196 g/mol. The Morgan fingerprint density at radius 3 is 2.93 bits per heavy atom. The predicted octanol–water partition coefficient (Wildman–Crippen LogP) is 1.90. The smallest absolute Gasteiger partial charge is 0.291 e. The summed E-state index contributed by atoms with van der Waals surface area (Å²) in [5.41, 5.74) is 0.169. The van der Waals surface area contributed by atoms with E-state index in [1.807, 2.05) is 6.92 Å². The van der Waals surface area contributed by atoms with Gasteiger partial charge in [-0.25, -0.2) is 0 Å². The van der Waals surface area contributed by atoms with Crippen LogP contribution in [0.5, 0.6) is 0 Å². The van der Waals surface area contributed by atoms with Crippen molar-refractivity contribution in [2.45, 2.75) is 26.2 Å². The number of carbonyl (C=O) groups excluding carboxylic acids is 1. The van der Waals surface area contributed by atoms with Gasteiger partial charge >= 0.3 is 0 Å². The first-order valence-electron chi connectivity index (χ1n) is 4.75. The predicted molar refractivity (Wildman–Crippen MR) is 54.5 cm³/mol. The molecule has 80 valence electrons. The molecule has 0 saturated heterocycles. The summed E-state index contributed by atoms with van der Waals surface area (Å²) in [4.78, 5) is 25.3. The molecule has 0 aromatic carbocycles. The Bertz CT molecular complexity index is 377. The summed E-state index contributed by atoms with van der Waals surface area (Å²) in [5, 5.41) is 10.6. The SMILES string of the molecule is CCCC(=O)Cc1ncccc1[N+](=O)[O-]. The quantitative estimate of drug-likeness (QED) is 0.547. The first kappa shape index (κ1) is 11.3. The van der Waals surface area contributed by atoms with Crippen molar-refractivity contribution in [2.24, 2.45) is 0 Å². The number of carbonyl (C=O) groups is 1. The summed E-state index contributed by atoms with van der Waals surface area (Å²) in [5.74, 6) is -0.0145. The molecule has 0 unspecified atom stereocenters. The van der Waals surface area contributed by atoms with Crippen LogP contribution in [0.1, 0.15) is 25.5 Å². The van der Waals surface area contributed by atoms with Gasteiger partial charge in [-0.05, 0) is 12.5 Å². The van der Waals surface area contributed by atoms with Crippen LogP contribution in [0.25, 0.3) is 0 Å². The molecular formula is C10H12N2O3. The molecule has 0 aliphatic carbocycles. The second-order valence-electron chi connectivity index (χ2n) is 3.19. The lowest BCUT2D eigenvalue weighted by Gasteiger charge is -2.00. The van der Waals surface area contributed by atoms with E-state index in [0.29, 0.717) is 6.42 Å². The normalized spacial score (nSPS) is 9.93. The lowest BCUT2D eigenvalue weighted by atomic mass is 10.1. The molecule has 1 rings (SSSR count). The monoisotopic (exact) mass is 208 g/mol. The number of hydrogen-bond donors (Lipinski definition) is 0. The second-order valence-corrected chi connectivity index (χ2v) is 3.19. The van der Waals surface area contributed by atoms with Crippen molar-refractivity contribution in [3.8, 4) is 0 Å². The Hall–Kier alpha value is -1.78. The van der Waals surface area contributed by atoms with Gasteiger partial charge in [0.1, 0.15) is 11.5 Å². The van der Waals surface area contributed by atoms with Gasteiger partial charge in [0.2, 0.25) is 0 Å². The summed E-state index contributed by atoms with van der Waals surface area (Å²) in [6.45, 7) is 1.89. The van der Waals surface area contributed by atoms with Crippen molar-refractivity contribution in [1.82, 2.24) is 4.98 Å². The van der Waals surface area contributed by atoms with Crippen molar-refractivity contribution < 1.29 is 9.72 Å². The molecule has 1 aromatic heterocycles. The third kappa shape index (κ3) is 3.12. The Morgan fingerprint density at radius 1 is 1.60 bits per heavy atom. The van der Waals surface area contributed by atoms with E-state index in [9.17, 15) is 14.9 Å². The van der Waals surface area contributed by atoms with Crippen LogP contribution in [0.4, 0.5) is 5.69 Å². The Kier molecular flexibility index (Phi) is 3.91. The second kappa shape index (κ2) is 5.19. The largest absolute Gasteiger partial charge is 0.299 e. The molecule has 0 radical (unpaired) electrons. The fourth-order valence-corrected chi connectivity index (χ4v) is 1.29. The molecule has 0 aliphatic heterocycles. The molecule has 0 bridgehead atoms. The molecule has 1 heterocycles. The van der Waals surface area contributed by atoms with Gasteiger partial charge in [0.05, 0.1) is 11.3 Å². The number of nitrogens with zero attached hydrogens (tertiary/aromatic N) is 2. The van der Waals surface area contributed by atoms with Crippen LogP contribution >= 0.6 is 0 Å². The fraction of sp³-hybridized carbons (Fsp3) is 0.400. The van der Waals surface area contributed by atoms with Gasteiger partial charge in [0.25, 0.3) is 5.69 Å². The van der Waals surface area contributed by atoms with E-state index >= 15 is 0 Å². The number of hydrogen-bond acceptors (Lipinski definition) is 4. The molecule has 5 heteroatoms. The van der Waals surface area contributed by atoms with E-state index in [-0.39, 0.29) is 23.6 Å². The van der Waals surface area contributed by atoms with Crippen molar-refractivity contribution >= 4 is 11.5 Å². The minimum absolute atomic E-state index is 0.0145. The van der Waals surface area contributed by atoms with E-state index in [2.05, 4.69) is 4.98 Å². The van der Waals surface area contributed by atoms with Gasteiger partial charge in [0.15, 0.2) is 0 Å². The van der Waals surface area contributed by atoms with Crippen LogP contribution < -0.4 is 0 Å². The van der Waals surface area contributed by atoms with Gasteiger partial charge in [0, 0.05) is 18.7 Å². The molecule has 0 N–H and O–H groups in total. The Labute approximate surface area is 87.3 Å². The van der Waals surface area contributed by atoms with Crippen LogP contribution in [-0.2, 0) is 11.2 Å². The van der Waals surface area contributed by atoms with Gasteiger partial charge < -0.3 is 0 Å². The van der Waals surface area contributed by atoms with Crippen LogP contribution in [0.2, 0.25) is 0 Å². The standard InChI is InChI=1S/C10H12N2O3/c1-2-4-8(13)7-9-10(12(14)15)5-3-6-11-9/h3,5-6H,2,4,7H2,1H3. The summed E-state index contributed by atoms with van der Waals surface area (Å²) in [6.07, 6.45) is 2.69. The average molecular weight is 208 g/mol. The highest BCUT2D eigenvalue weighted by molar-refractivity contribution is 5.81. The van der Waals surface area contributed by atoms with Crippen LogP contribution in [0.15, 0.2) is 18.3 Å². The maximum Gasteiger partial charge on any atom is 0.291 e. The number of pyridine rings is 1. The number of ketones is 1. The van der Waals surface area contributed by atoms with E-state index in [4.69, 9.17) is 0 Å². The van der Waals surface area contributed by atoms with E-state index in [1.165, 1.54) is 18.3 Å². The molecule has 0 aliphatic rings. The van der Waals surface area contributed by atoms with E-state index in [1.54, 1.807) is 0 Å². The van der Waals surface area contributed by atoms with E-state index < -0.39 is 4.92 Å². The molecule has 0 fully saturated rings. The minimum atomic E-state index is -0.512. The summed E-state index contributed by atoms with van der Waals surface area (Å²) >= 11 is 0. The number of rotatable bonds is 5. The lowest BCUT2D eigenvalue weighted by molar-refractivity contribution is -0.385. The van der Waals surface area contributed by atoms with E-state index in [0.717, 1.165) is 6.42 Å². The Balaban J connectivity index is 2.84. The number of Topliss-reactive ketones (excluding diaryl/α,β-unsaturated/α-hetero) is 1. The lowest BCUT2D eigenvalue weighted by Crippen LogP contribution is -2.06. The molecule has 15 heavy (non-hydrogen) atoms. The average Bonchev–Trinajstić information content (AvgIpc) is 2.18. The van der Waals surface area contributed by atoms with Crippen LogP contribution in [0.3, 0.4) is 0 Å². The minimum Gasteiger partial charge on any atom is -0.299 e. The molecule has 5 nitrogen and oxygen atoms in total. The zero-order valence-corrected chi connectivity index (χ0v) is 8.47. The van der Waals surface area contributed by atoms with Gasteiger partial charge in [-0.15, -0.1) is 0 Å². The van der Waals surface area contributed by atoms with Crippen LogP contribution in [0, 0.1) is 10.1 Å². The molecule has 0 atom stereocenters. The first-order chi connectivity index (χ1) is 7.15. The Morgan fingerprint density at radius 2 is 2.33 bits per heavy atom. The van der Waals surface area contributed by atoms with Crippen molar-refractivity contribution in [3.05, 3.63) is 34.1 Å². The number of nitro groups is 1. The maximum atomic E-state index is 11.3. The molecule has 0 amide bonds. The van der Waals surface area contributed by atoms with Crippen molar-refractivity contribution in [3.63, 3.8) is 0 Å². The third-order valence-corrected chi connectivity index (χ3v) is 1.96. The maximum absolute atomic E-state index is 11.3.